The highest BCUT2D eigenvalue weighted by atomic mass is 16.2. The van der Waals surface area contributed by atoms with Crippen LogP contribution in [-0.4, -0.2) is 36.5 Å². The molecule has 1 unspecified atom stereocenters. The number of benzene rings is 1. The van der Waals surface area contributed by atoms with Gasteiger partial charge in [-0.3, -0.25) is 4.79 Å². The zero-order valence-electron chi connectivity index (χ0n) is 12.2. The van der Waals surface area contributed by atoms with Gasteiger partial charge in [0.1, 0.15) is 0 Å². The van der Waals surface area contributed by atoms with E-state index >= 15 is 0 Å². The normalized spacial score (nSPS) is 16.3. The minimum absolute atomic E-state index is 0.0435. The second kappa shape index (κ2) is 7.77. The average molecular weight is 286 g/mol. The van der Waals surface area contributed by atoms with Crippen LogP contribution in [0.1, 0.15) is 30.4 Å². The number of rotatable bonds is 5. The molecular weight excluding hydrogens is 264 g/mol. The number of nitrogens with zero attached hydrogens (tertiary/aromatic N) is 2. The van der Waals surface area contributed by atoms with E-state index in [0.717, 1.165) is 31.5 Å². The van der Waals surface area contributed by atoms with E-state index < -0.39 is 6.04 Å². The molecule has 0 radical (unpaired) electrons. The minimum atomic E-state index is -0.485. The van der Waals surface area contributed by atoms with Crippen molar-refractivity contribution >= 4 is 5.91 Å². The molecule has 1 aromatic carbocycles. The number of hydrogen-bond acceptors (Lipinski definition) is 4. The summed E-state index contributed by atoms with van der Waals surface area (Å²) in [5, 5.41) is 11.9. The van der Waals surface area contributed by atoms with Crippen molar-refractivity contribution in [2.45, 2.75) is 31.8 Å². The van der Waals surface area contributed by atoms with Gasteiger partial charge in [0.25, 0.3) is 0 Å². The van der Waals surface area contributed by atoms with Gasteiger partial charge >= 0.3 is 0 Å². The predicted molar refractivity (Wildman–Crippen MR) is 81.3 cm³/mol. The summed E-state index contributed by atoms with van der Waals surface area (Å²) in [4.78, 5) is 14.0. The lowest BCUT2D eigenvalue weighted by Crippen LogP contribution is -2.50. The first-order valence-electron chi connectivity index (χ1n) is 7.45. The molecule has 0 aliphatic carbocycles. The van der Waals surface area contributed by atoms with E-state index in [-0.39, 0.29) is 5.91 Å². The Hall–Kier alpha value is -1.90. The van der Waals surface area contributed by atoms with E-state index in [4.69, 9.17) is 11.0 Å². The molecule has 0 bridgehead atoms. The molecular formula is C16H22N4O. The number of nitrogens with one attached hydrogen (secondary N) is 1. The predicted octanol–water partition coefficient (Wildman–Crippen LogP) is 0.988. The van der Waals surface area contributed by atoms with Gasteiger partial charge in [0.2, 0.25) is 5.91 Å². The maximum Gasteiger partial charge on any atom is 0.240 e. The highest BCUT2D eigenvalue weighted by Crippen LogP contribution is 2.09. The molecule has 5 heteroatoms. The zero-order valence-corrected chi connectivity index (χ0v) is 12.2. The van der Waals surface area contributed by atoms with Crippen molar-refractivity contribution in [3.63, 3.8) is 0 Å². The Morgan fingerprint density at radius 1 is 1.29 bits per heavy atom. The van der Waals surface area contributed by atoms with Crippen molar-refractivity contribution in [2.75, 3.05) is 19.6 Å². The lowest BCUT2D eigenvalue weighted by Gasteiger charge is -2.29. The third-order valence-electron chi connectivity index (χ3n) is 3.76. The molecule has 1 heterocycles. The maximum atomic E-state index is 12.1. The fourth-order valence-corrected chi connectivity index (χ4v) is 2.51. The van der Waals surface area contributed by atoms with Gasteiger partial charge in [-0.25, -0.2) is 0 Å². The first kappa shape index (κ1) is 15.5. The van der Waals surface area contributed by atoms with E-state index in [1.165, 1.54) is 6.42 Å². The number of piperidine rings is 1. The molecule has 0 aromatic heterocycles. The Kier molecular flexibility index (Phi) is 5.73. The zero-order chi connectivity index (χ0) is 15.1. The van der Waals surface area contributed by atoms with Gasteiger partial charge in [0.15, 0.2) is 0 Å². The van der Waals surface area contributed by atoms with Gasteiger partial charge in [-0.1, -0.05) is 12.1 Å². The number of nitrogens with two attached hydrogens (primary N) is 1. The molecule has 1 atom stereocenters. The van der Waals surface area contributed by atoms with Crippen molar-refractivity contribution < 1.29 is 4.79 Å². The monoisotopic (exact) mass is 286 g/mol. The smallest absolute Gasteiger partial charge is 0.240 e. The molecule has 21 heavy (non-hydrogen) atoms. The molecule has 1 saturated heterocycles. The summed E-state index contributed by atoms with van der Waals surface area (Å²) in [5.74, 6) is 0.0435. The lowest BCUT2D eigenvalue weighted by atomic mass is 10.1. The molecule has 1 aliphatic heterocycles. The van der Waals surface area contributed by atoms with Crippen LogP contribution in [0.5, 0.6) is 0 Å². The number of amides is 1. The van der Waals surface area contributed by atoms with Gasteiger partial charge in [-0.15, -0.1) is 0 Å². The summed E-state index contributed by atoms with van der Waals surface area (Å²) in [7, 11) is 0. The van der Waals surface area contributed by atoms with Crippen LogP contribution >= 0.6 is 0 Å². The van der Waals surface area contributed by atoms with Crippen LogP contribution in [0.25, 0.3) is 0 Å². The summed E-state index contributed by atoms with van der Waals surface area (Å²) in [6, 6.07) is 8.99. The maximum absolute atomic E-state index is 12.1. The van der Waals surface area contributed by atoms with Crippen LogP contribution in [0.15, 0.2) is 24.3 Å². The Morgan fingerprint density at radius 3 is 2.57 bits per heavy atom. The highest BCUT2D eigenvalue weighted by Gasteiger charge is 2.21. The van der Waals surface area contributed by atoms with Crippen LogP contribution in [0, 0.1) is 11.3 Å². The van der Waals surface area contributed by atoms with Crippen LogP contribution < -0.4 is 11.1 Å². The SMILES string of the molecule is N#Cc1ccc(CNCC(N)C(=O)N2CCCCC2)cc1. The topological polar surface area (TPSA) is 82.1 Å². The molecule has 5 nitrogen and oxygen atoms in total. The van der Waals surface area contributed by atoms with Crippen molar-refractivity contribution in [1.82, 2.24) is 10.2 Å². The number of likely N-dealkylation sites (tertiary alicyclic amines) is 1. The Bertz CT molecular complexity index is 500. The summed E-state index contributed by atoms with van der Waals surface area (Å²) in [5.41, 5.74) is 7.69. The molecule has 2 rings (SSSR count). The molecule has 1 aliphatic rings. The van der Waals surface area contributed by atoms with Crippen molar-refractivity contribution in [1.29, 1.82) is 5.26 Å². The summed E-state index contributed by atoms with van der Waals surface area (Å²) >= 11 is 0. The van der Waals surface area contributed by atoms with Gasteiger partial charge in [-0.2, -0.15) is 5.26 Å². The van der Waals surface area contributed by atoms with Crippen molar-refractivity contribution in [3.05, 3.63) is 35.4 Å². The standard InChI is InChI=1S/C16H22N4O/c17-10-13-4-6-14(7-5-13)11-19-12-15(18)16(21)20-8-2-1-3-9-20/h4-7,15,19H,1-3,8-9,11-12,18H2. The fourth-order valence-electron chi connectivity index (χ4n) is 2.51. The van der Waals surface area contributed by atoms with E-state index in [9.17, 15) is 4.79 Å². The van der Waals surface area contributed by atoms with E-state index in [1.807, 2.05) is 17.0 Å². The number of nitriles is 1. The molecule has 0 spiro atoms. The second-order valence-electron chi connectivity index (χ2n) is 5.43. The third kappa shape index (κ3) is 4.55. The summed E-state index contributed by atoms with van der Waals surface area (Å²) in [6.07, 6.45) is 3.37. The van der Waals surface area contributed by atoms with E-state index in [0.29, 0.717) is 18.7 Å². The van der Waals surface area contributed by atoms with Crippen molar-refractivity contribution in [2.24, 2.45) is 5.73 Å². The lowest BCUT2D eigenvalue weighted by molar-refractivity contribution is -0.133. The molecule has 3 N–H and O–H groups in total. The third-order valence-corrected chi connectivity index (χ3v) is 3.76. The summed E-state index contributed by atoms with van der Waals surface area (Å²) in [6.45, 7) is 2.78. The molecule has 1 fully saturated rings. The van der Waals surface area contributed by atoms with Crippen molar-refractivity contribution in [3.8, 4) is 6.07 Å². The fraction of sp³-hybridized carbons (Fsp3) is 0.500. The first-order chi connectivity index (χ1) is 10.2. The first-order valence-corrected chi connectivity index (χ1v) is 7.45. The van der Waals surface area contributed by atoms with E-state index in [1.54, 1.807) is 12.1 Å². The average Bonchev–Trinajstić information content (AvgIpc) is 2.55. The number of carbonyl (C=O) groups excluding carboxylic acids is 1. The number of hydrogen-bond donors (Lipinski definition) is 2. The largest absolute Gasteiger partial charge is 0.341 e. The van der Waals surface area contributed by atoms with Gasteiger partial charge in [0, 0.05) is 26.2 Å². The second-order valence-corrected chi connectivity index (χ2v) is 5.43. The minimum Gasteiger partial charge on any atom is -0.341 e. The quantitative estimate of drug-likeness (QED) is 0.845. The molecule has 1 aromatic rings. The van der Waals surface area contributed by atoms with Crippen LogP contribution in [0.2, 0.25) is 0 Å². The number of carbonyl (C=O) groups is 1. The van der Waals surface area contributed by atoms with Gasteiger partial charge in [0.05, 0.1) is 17.7 Å². The molecule has 112 valence electrons. The van der Waals surface area contributed by atoms with E-state index in [2.05, 4.69) is 11.4 Å². The van der Waals surface area contributed by atoms with Gasteiger partial charge in [-0.05, 0) is 37.0 Å². The van der Waals surface area contributed by atoms with Crippen LogP contribution in [0.3, 0.4) is 0 Å². The Morgan fingerprint density at radius 2 is 1.95 bits per heavy atom. The van der Waals surface area contributed by atoms with Gasteiger partial charge < -0.3 is 16.0 Å². The summed E-state index contributed by atoms with van der Waals surface area (Å²) < 4.78 is 0. The van der Waals surface area contributed by atoms with Crippen LogP contribution in [0.4, 0.5) is 0 Å². The Balaban J connectivity index is 1.74. The molecule has 1 amide bonds. The van der Waals surface area contributed by atoms with Crippen LogP contribution in [-0.2, 0) is 11.3 Å². The molecule has 0 saturated carbocycles. The highest BCUT2D eigenvalue weighted by molar-refractivity contribution is 5.82. The Labute approximate surface area is 125 Å².